The van der Waals surface area contributed by atoms with E-state index < -0.39 is 0 Å². The Morgan fingerprint density at radius 3 is 2.62 bits per heavy atom. The van der Waals surface area contributed by atoms with E-state index in [1.807, 2.05) is 25.1 Å². The van der Waals surface area contributed by atoms with E-state index in [1.54, 1.807) is 6.07 Å². The molecule has 0 aliphatic rings. The first-order valence-electron chi connectivity index (χ1n) is 7.02. The van der Waals surface area contributed by atoms with Crippen LogP contribution in [-0.2, 0) is 0 Å². The first-order chi connectivity index (χ1) is 9.99. The van der Waals surface area contributed by atoms with Crippen LogP contribution in [0.1, 0.15) is 25.5 Å². The van der Waals surface area contributed by atoms with Gasteiger partial charge in [-0.15, -0.1) is 0 Å². The van der Waals surface area contributed by atoms with Gasteiger partial charge in [-0.2, -0.15) is 0 Å². The summed E-state index contributed by atoms with van der Waals surface area (Å²) in [7, 11) is 0. The lowest BCUT2D eigenvalue weighted by Crippen LogP contribution is -2.05. The second kappa shape index (κ2) is 4.88. The molecule has 0 unspecified atom stereocenters. The van der Waals surface area contributed by atoms with Gasteiger partial charge in [0.1, 0.15) is 11.6 Å². The van der Waals surface area contributed by atoms with Gasteiger partial charge in [0.15, 0.2) is 0 Å². The summed E-state index contributed by atoms with van der Waals surface area (Å²) in [6, 6.07) is 10.7. The van der Waals surface area contributed by atoms with E-state index in [2.05, 4.69) is 23.4 Å². The van der Waals surface area contributed by atoms with Crippen molar-refractivity contribution >= 4 is 16.7 Å². The van der Waals surface area contributed by atoms with Crippen molar-refractivity contribution in [1.29, 1.82) is 0 Å². The molecule has 0 saturated heterocycles. The van der Waals surface area contributed by atoms with Gasteiger partial charge in [0.25, 0.3) is 0 Å². The number of nitrogen functional groups attached to an aromatic ring is 1. The molecule has 0 aliphatic heterocycles. The molecule has 0 radical (unpaired) electrons. The molecule has 2 aromatic carbocycles. The average Bonchev–Trinajstić information content (AvgIpc) is 2.76. The summed E-state index contributed by atoms with van der Waals surface area (Å²) >= 11 is 0. The van der Waals surface area contributed by atoms with Crippen molar-refractivity contribution in [2.24, 2.45) is 0 Å². The molecule has 4 heteroatoms. The lowest BCUT2D eigenvalue weighted by Gasteiger charge is -2.15. The predicted molar refractivity (Wildman–Crippen MR) is 84.7 cm³/mol. The molecule has 0 atom stereocenters. The van der Waals surface area contributed by atoms with E-state index in [4.69, 9.17) is 5.73 Å². The number of hydrogen-bond donors (Lipinski definition) is 1. The third-order valence-corrected chi connectivity index (χ3v) is 3.70. The molecule has 0 saturated carbocycles. The Kier molecular flexibility index (Phi) is 3.16. The second-order valence-electron chi connectivity index (χ2n) is 5.57. The predicted octanol–water partition coefficient (Wildman–Crippen LogP) is 4.31. The standard InChI is InChI=1S/C17H18FN3/c1-10(2)21-15-8-7-12(18)9-14(15)20-17(21)16-11(3)5-4-6-13(16)19/h4-10H,19H2,1-3H3. The maximum Gasteiger partial charge on any atom is 0.143 e. The van der Waals surface area contributed by atoms with Gasteiger partial charge in [-0.1, -0.05) is 12.1 Å². The van der Waals surface area contributed by atoms with Crippen LogP contribution in [-0.4, -0.2) is 9.55 Å². The number of aryl methyl sites for hydroxylation is 1. The maximum absolute atomic E-state index is 13.5. The van der Waals surface area contributed by atoms with Crippen molar-refractivity contribution in [3.05, 3.63) is 47.8 Å². The molecule has 2 N–H and O–H groups in total. The van der Waals surface area contributed by atoms with Crippen LogP contribution >= 0.6 is 0 Å². The van der Waals surface area contributed by atoms with Crippen molar-refractivity contribution in [3.63, 3.8) is 0 Å². The Morgan fingerprint density at radius 1 is 1.19 bits per heavy atom. The number of imidazole rings is 1. The summed E-state index contributed by atoms with van der Waals surface area (Å²) in [6.45, 7) is 6.18. The van der Waals surface area contributed by atoms with Crippen LogP contribution < -0.4 is 5.73 Å². The molecule has 0 spiro atoms. The van der Waals surface area contributed by atoms with Crippen LogP contribution in [0.25, 0.3) is 22.4 Å². The first kappa shape index (κ1) is 13.6. The first-order valence-corrected chi connectivity index (χ1v) is 7.02. The fourth-order valence-corrected chi connectivity index (χ4v) is 2.77. The SMILES string of the molecule is Cc1cccc(N)c1-c1nc2cc(F)ccc2n1C(C)C. The summed E-state index contributed by atoms with van der Waals surface area (Å²) in [6.07, 6.45) is 0. The third-order valence-electron chi connectivity index (χ3n) is 3.70. The largest absolute Gasteiger partial charge is 0.398 e. The molecule has 0 aliphatic carbocycles. The Balaban J connectivity index is 2.39. The molecule has 0 bridgehead atoms. The van der Waals surface area contributed by atoms with Gasteiger partial charge in [-0.3, -0.25) is 0 Å². The number of aromatic nitrogens is 2. The Hall–Kier alpha value is -2.36. The zero-order valence-corrected chi connectivity index (χ0v) is 12.4. The van der Waals surface area contributed by atoms with Crippen LogP contribution in [0.3, 0.4) is 0 Å². The zero-order valence-electron chi connectivity index (χ0n) is 12.4. The number of rotatable bonds is 2. The molecule has 21 heavy (non-hydrogen) atoms. The number of hydrogen-bond acceptors (Lipinski definition) is 2. The quantitative estimate of drug-likeness (QED) is 0.712. The van der Waals surface area contributed by atoms with Gasteiger partial charge in [0.2, 0.25) is 0 Å². The molecule has 1 aromatic heterocycles. The normalized spacial score (nSPS) is 11.5. The van der Waals surface area contributed by atoms with E-state index in [0.29, 0.717) is 11.2 Å². The number of halogens is 1. The molecule has 0 amide bonds. The molecular weight excluding hydrogens is 265 g/mol. The second-order valence-corrected chi connectivity index (χ2v) is 5.57. The average molecular weight is 283 g/mol. The van der Waals surface area contributed by atoms with E-state index in [0.717, 1.165) is 22.5 Å². The van der Waals surface area contributed by atoms with Gasteiger partial charge in [0, 0.05) is 23.4 Å². The number of fused-ring (bicyclic) bond motifs is 1. The highest BCUT2D eigenvalue weighted by Crippen LogP contribution is 2.33. The van der Waals surface area contributed by atoms with Gasteiger partial charge >= 0.3 is 0 Å². The number of nitrogens with zero attached hydrogens (tertiary/aromatic N) is 2. The topological polar surface area (TPSA) is 43.8 Å². The third kappa shape index (κ3) is 2.17. The molecule has 3 aromatic rings. The van der Waals surface area contributed by atoms with Gasteiger partial charge in [0.05, 0.1) is 11.0 Å². The summed E-state index contributed by atoms with van der Waals surface area (Å²) in [5.41, 5.74) is 10.4. The number of nitrogens with two attached hydrogens (primary N) is 1. The molecule has 0 fully saturated rings. The van der Waals surface area contributed by atoms with E-state index in [9.17, 15) is 4.39 Å². The minimum Gasteiger partial charge on any atom is -0.398 e. The Morgan fingerprint density at radius 2 is 1.95 bits per heavy atom. The van der Waals surface area contributed by atoms with Gasteiger partial charge < -0.3 is 10.3 Å². The number of anilines is 1. The lowest BCUT2D eigenvalue weighted by molar-refractivity contribution is 0.620. The van der Waals surface area contributed by atoms with Gasteiger partial charge in [-0.25, -0.2) is 9.37 Å². The highest BCUT2D eigenvalue weighted by Gasteiger charge is 2.18. The molecular formula is C17H18FN3. The Bertz CT molecular complexity index is 798. The minimum absolute atomic E-state index is 0.203. The van der Waals surface area contributed by atoms with E-state index in [1.165, 1.54) is 12.1 Å². The molecule has 3 rings (SSSR count). The van der Waals surface area contributed by atoms with Gasteiger partial charge in [-0.05, 0) is 44.5 Å². The zero-order chi connectivity index (χ0) is 15.1. The van der Waals surface area contributed by atoms with Crippen molar-refractivity contribution in [3.8, 4) is 11.4 Å². The summed E-state index contributed by atoms with van der Waals surface area (Å²) in [5.74, 6) is 0.515. The van der Waals surface area contributed by atoms with Crippen LogP contribution in [0.15, 0.2) is 36.4 Å². The van der Waals surface area contributed by atoms with E-state index in [-0.39, 0.29) is 11.9 Å². The summed E-state index contributed by atoms with van der Waals surface area (Å²) in [5, 5.41) is 0. The van der Waals surface area contributed by atoms with Crippen molar-refractivity contribution < 1.29 is 4.39 Å². The monoisotopic (exact) mass is 283 g/mol. The van der Waals surface area contributed by atoms with Crippen LogP contribution in [0, 0.1) is 12.7 Å². The highest BCUT2D eigenvalue weighted by atomic mass is 19.1. The molecule has 108 valence electrons. The lowest BCUT2D eigenvalue weighted by atomic mass is 10.1. The number of benzene rings is 2. The van der Waals surface area contributed by atoms with Crippen LogP contribution in [0.4, 0.5) is 10.1 Å². The van der Waals surface area contributed by atoms with E-state index >= 15 is 0 Å². The van der Waals surface area contributed by atoms with Crippen molar-refractivity contribution in [2.45, 2.75) is 26.8 Å². The van der Waals surface area contributed by atoms with Crippen LogP contribution in [0.5, 0.6) is 0 Å². The smallest absolute Gasteiger partial charge is 0.143 e. The van der Waals surface area contributed by atoms with Crippen molar-refractivity contribution in [1.82, 2.24) is 9.55 Å². The highest BCUT2D eigenvalue weighted by molar-refractivity contribution is 5.85. The Labute approximate surface area is 123 Å². The fourth-order valence-electron chi connectivity index (χ4n) is 2.77. The molecule has 1 heterocycles. The van der Waals surface area contributed by atoms with Crippen LogP contribution in [0.2, 0.25) is 0 Å². The molecule has 3 nitrogen and oxygen atoms in total. The fraction of sp³-hybridized carbons (Fsp3) is 0.235. The minimum atomic E-state index is -0.278. The maximum atomic E-state index is 13.5. The summed E-state index contributed by atoms with van der Waals surface area (Å²) in [4.78, 5) is 4.63. The van der Waals surface area contributed by atoms with Crippen molar-refractivity contribution in [2.75, 3.05) is 5.73 Å². The summed E-state index contributed by atoms with van der Waals surface area (Å²) < 4.78 is 15.6.